The first-order valence-electron chi connectivity index (χ1n) is 13.5. The van der Waals surface area contributed by atoms with Crippen molar-refractivity contribution in [2.45, 2.75) is 66.3 Å². The Morgan fingerprint density at radius 2 is 1.68 bits per heavy atom. The van der Waals surface area contributed by atoms with Gasteiger partial charge in [-0.2, -0.15) is 13.2 Å². The van der Waals surface area contributed by atoms with Gasteiger partial charge in [0.05, 0.1) is 23.8 Å². The summed E-state index contributed by atoms with van der Waals surface area (Å²) in [5.74, 6) is 2.40. The third-order valence-corrected chi connectivity index (χ3v) is 7.10. The minimum Gasteiger partial charge on any atom is -0.341 e. The third-order valence-electron chi connectivity index (χ3n) is 7.10. The predicted molar refractivity (Wildman–Crippen MR) is 150 cm³/mol. The van der Waals surface area contributed by atoms with Crippen molar-refractivity contribution in [3.8, 4) is 0 Å². The first kappa shape index (κ1) is 27.6. The van der Waals surface area contributed by atoms with Crippen molar-refractivity contribution in [1.29, 1.82) is 0 Å². The number of aromatic nitrogens is 1. The van der Waals surface area contributed by atoms with E-state index in [1.54, 1.807) is 12.1 Å². The Labute approximate surface area is 224 Å². The van der Waals surface area contributed by atoms with Gasteiger partial charge in [-0.3, -0.25) is 0 Å². The number of hydrogen-bond acceptors (Lipinski definition) is 4. The largest absolute Gasteiger partial charge is 0.416 e. The molecule has 0 radical (unpaired) electrons. The summed E-state index contributed by atoms with van der Waals surface area (Å²) in [6, 6.07) is 15.7. The van der Waals surface area contributed by atoms with Crippen LogP contribution in [0.25, 0.3) is 0 Å². The number of anilines is 3. The molecule has 2 aliphatic heterocycles. The molecule has 0 saturated heterocycles. The van der Waals surface area contributed by atoms with Crippen molar-refractivity contribution in [3.05, 3.63) is 77.0 Å². The molecule has 1 N–H and O–H groups in total. The van der Waals surface area contributed by atoms with E-state index >= 15 is 0 Å². The molecule has 204 valence electrons. The number of para-hydroxylation sites is 1. The SMILES string of the molecule is CC.CCc1c2c(c(Nc3ccccc3)n1Cc1ccc(C(F)(F)F)cc1)CN(C)C1=NC(C(C)C)CN12. The van der Waals surface area contributed by atoms with Crippen LogP contribution in [0.3, 0.4) is 0 Å². The number of rotatable bonds is 6. The van der Waals surface area contributed by atoms with Gasteiger partial charge in [-0.25, -0.2) is 4.99 Å². The van der Waals surface area contributed by atoms with Crippen LogP contribution in [0.1, 0.15) is 57.0 Å². The van der Waals surface area contributed by atoms with E-state index in [0.717, 1.165) is 41.7 Å². The molecule has 0 amide bonds. The van der Waals surface area contributed by atoms with Gasteiger partial charge in [0.25, 0.3) is 0 Å². The van der Waals surface area contributed by atoms with Gasteiger partial charge >= 0.3 is 6.18 Å². The van der Waals surface area contributed by atoms with Gasteiger partial charge in [0, 0.05) is 37.1 Å². The van der Waals surface area contributed by atoms with Crippen molar-refractivity contribution in [2.75, 3.05) is 23.8 Å². The van der Waals surface area contributed by atoms with Crippen LogP contribution in [0.5, 0.6) is 0 Å². The molecule has 0 bridgehead atoms. The zero-order valence-corrected chi connectivity index (χ0v) is 23.1. The summed E-state index contributed by atoms with van der Waals surface area (Å²) in [6.07, 6.45) is -3.55. The van der Waals surface area contributed by atoms with Crippen molar-refractivity contribution in [2.24, 2.45) is 10.9 Å². The molecule has 38 heavy (non-hydrogen) atoms. The summed E-state index contributed by atoms with van der Waals surface area (Å²) < 4.78 is 41.7. The summed E-state index contributed by atoms with van der Waals surface area (Å²) in [5, 5.41) is 3.64. The lowest BCUT2D eigenvalue weighted by atomic mass is 10.0. The Hall–Kier alpha value is -3.42. The number of nitrogens with one attached hydrogen (secondary N) is 1. The average molecular weight is 526 g/mol. The number of nitrogens with zero attached hydrogens (tertiary/aromatic N) is 4. The van der Waals surface area contributed by atoms with Crippen LogP contribution in [0.15, 0.2) is 59.6 Å². The van der Waals surface area contributed by atoms with Gasteiger partial charge in [0.1, 0.15) is 5.82 Å². The van der Waals surface area contributed by atoms with E-state index in [1.807, 2.05) is 44.2 Å². The highest BCUT2D eigenvalue weighted by Gasteiger charge is 2.39. The average Bonchev–Trinajstić information content (AvgIpc) is 3.47. The number of hydrogen-bond donors (Lipinski definition) is 1. The standard InChI is InChI=1S/C28H32F3N5.C2H6/c1-5-24-25-22(16-34(4)27-33-23(18(2)3)17-36(25)27)26(32-21-9-7-6-8-10-21)35(24)15-19-11-13-20(14-12-19)28(29,30)31;1-2/h6-14,18,23,32H,5,15-17H2,1-4H3;1-2H3. The second-order valence-electron chi connectivity index (χ2n) is 9.95. The maximum absolute atomic E-state index is 13.1. The van der Waals surface area contributed by atoms with Crippen LogP contribution < -0.4 is 10.2 Å². The van der Waals surface area contributed by atoms with E-state index in [4.69, 9.17) is 4.99 Å². The molecule has 1 unspecified atom stereocenters. The van der Waals surface area contributed by atoms with Gasteiger partial charge < -0.3 is 19.7 Å². The lowest BCUT2D eigenvalue weighted by Gasteiger charge is -2.34. The first-order chi connectivity index (χ1) is 18.2. The van der Waals surface area contributed by atoms with Crippen LogP contribution in [-0.4, -0.2) is 35.1 Å². The van der Waals surface area contributed by atoms with E-state index < -0.39 is 11.7 Å². The Morgan fingerprint density at radius 1 is 1.03 bits per heavy atom. The van der Waals surface area contributed by atoms with Crippen LogP contribution in [0.4, 0.5) is 30.4 Å². The molecular weight excluding hydrogens is 487 g/mol. The minimum atomic E-state index is -4.34. The molecule has 1 aromatic heterocycles. The van der Waals surface area contributed by atoms with Crippen LogP contribution in [0.2, 0.25) is 0 Å². The Bertz CT molecular complexity index is 1260. The summed E-state index contributed by atoms with van der Waals surface area (Å²) in [7, 11) is 2.07. The number of fused-ring (bicyclic) bond motifs is 3. The molecule has 2 aromatic carbocycles. The highest BCUT2D eigenvalue weighted by molar-refractivity contribution is 6.02. The fourth-order valence-corrected chi connectivity index (χ4v) is 5.19. The lowest BCUT2D eigenvalue weighted by Crippen LogP contribution is -2.44. The molecule has 3 heterocycles. The topological polar surface area (TPSA) is 35.8 Å². The molecule has 8 heteroatoms. The van der Waals surface area contributed by atoms with E-state index in [9.17, 15) is 13.2 Å². The summed E-state index contributed by atoms with van der Waals surface area (Å²) in [5.41, 5.74) is 4.70. The van der Waals surface area contributed by atoms with Crippen LogP contribution >= 0.6 is 0 Å². The van der Waals surface area contributed by atoms with Gasteiger partial charge in [-0.05, 0) is 42.2 Å². The molecule has 3 aromatic rings. The second kappa shape index (κ2) is 11.1. The van der Waals surface area contributed by atoms with E-state index in [0.29, 0.717) is 19.0 Å². The number of halogens is 3. The van der Waals surface area contributed by atoms with Gasteiger partial charge in [-0.1, -0.05) is 65.0 Å². The van der Waals surface area contributed by atoms with Crippen molar-refractivity contribution >= 4 is 23.2 Å². The Balaban J connectivity index is 0.00000164. The molecule has 0 spiro atoms. The summed E-state index contributed by atoms with van der Waals surface area (Å²) >= 11 is 0. The maximum atomic E-state index is 13.1. The van der Waals surface area contributed by atoms with Gasteiger partial charge in [0.2, 0.25) is 5.96 Å². The highest BCUT2D eigenvalue weighted by atomic mass is 19.4. The molecule has 2 aliphatic rings. The molecule has 5 rings (SSSR count). The van der Waals surface area contributed by atoms with Crippen molar-refractivity contribution in [1.82, 2.24) is 9.47 Å². The normalized spacial score (nSPS) is 16.6. The summed E-state index contributed by atoms with van der Waals surface area (Å²) in [6.45, 7) is 12.5. The number of aliphatic imine (C=N–C) groups is 1. The zero-order chi connectivity index (χ0) is 27.6. The van der Waals surface area contributed by atoms with E-state index in [1.165, 1.54) is 23.4 Å². The molecule has 1 atom stereocenters. The minimum absolute atomic E-state index is 0.224. The fraction of sp³-hybridized carbons (Fsp3) is 0.433. The van der Waals surface area contributed by atoms with Crippen LogP contribution in [-0.2, 0) is 25.7 Å². The van der Waals surface area contributed by atoms with Gasteiger partial charge in [0.15, 0.2) is 0 Å². The van der Waals surface area contributed by atoms with Gasteiger partial charge in [-0.15, -0.1) is 0 Å². The second-order valence-corrected chi connectivity index (χ2v) is 9.95. The fourth-order valence-electron chi connectivity index (χ4n) is 5.19. The molecule has 5 nitrogen and oxygen atoms in total. The quantitative estimate of drug-likeness (QED) is 0.361. The number of benzene rings is 2. The lowest BCUT2D eigenvalue weighted by molar-refractivity contribution is -0.137. The third kappa shape index (κ3) is 5.26. The van der Waals surface area contributed by atoms with E-state index in [2.05, 4.69) is 47.5 Å². The highest BCUT2D eigenvalue weighted by Crippen LogP contribution is 2.43. The molecular formula is C30H38F3N5. The summed E-state index contributed by atoms with van der Waals surface area (Å²) in [4.78, 5) is 9.57. The smallest absolute Gasteiger partial charge is 0.341 e. The number of guanidine groups is 1. The monoisotopic (exact) mass is 525 g/mol. The molecule has 0 aliphatic carbocycles. The molecule has 0 fully saturated rings. The Morgan fingerprint density at radius 3 is 2.26 bits per heavy atom. The maximum Gasteiger partial charge on any atom is 0.416 e. The first-order valence-corrected chi connectivity index (χ1v) is 13.5. The van der Waals surface area contributed by atoms with E-state index in [-0.39, 0.29) is 6.04 Å². The molecule has 0 saturated carbocycles. The predicted octanol–water partition coefficient (Wildman–Crippen LogP) is 7.53. The van der Waals surface area contributed by atoms with Crippen LogP contribution in [0, 0.1) is 5.92 Å². The zero-order valence-electron chi connectivity index (χ0n) is 23.1. The Kier molecular flexibility index (Phi) is 8.09. The van der Waals surface area contributed by atoms with Crippen molar-refractivity contribution < 1.29 is 13.2 Å². The van der Waals surface area contributed by atoms with Crippen molar-refractivity contribution in [3.63, 3.8) is 0 Å². The number of alkyl halides is 3.